The molecule has 0 spiro atoms. The van der Waals surface area contributed by atoms with Gasteiger partial charge < -0.3 is 5.32 Å². The van der Waals surface area contributed by atoms with Gasteiger partial charge in [-0.25, -0.2) is 13.5 Å². The van der Waals surface area contributed by atoms with E-state index in [-0.39, 0.29) is 16.4 Å². The highest BCUT2D eigenvalue weighted by molar-refractivity contribution is 6.34. The van der Waals surface area contributed by atoms with Crippen molar-refractivity contribution >= 4 is 23.2 Å². The first-order valence-corrected chi connectivity index (χ1v) is 7.83. The van der Waals surface area contributed by atoms with E-state index in [0.717, 1.165) is 5.56 Å². The Kier molecular flexibility index (Phi) is 4.55. The average Bonchev–Trinajstić information content (AvgIpc) is 2.85. The summed E-state index contributed by atoms with van der Waals surface area (Å²) in [5.41, 5.74) is 1.81. The van der Waals surface area contributed by atoms with Crippen LogP contribution in [0.5, 0.6) is 0 Å². The van der Waals surface area contributed by atoms with Gasteiger partial charge in [0.15, 0.2) is 0 Å². The summed E-state index contributed by atoms with van der Waals surface area (Å²) in [7, 11) is 0. The predicted molar refractivity (Wildman–Crippen MR) is 92.4 cm³/mol. The Balaban J connectivity index is 1.94. The highest BCUT2D eigenvalue weighted by Crippen LogP contribution is 2.25. The second-order valence-electron chi connectivity index (χ2n) is 5.58. The number of amides is 1. The first kappa shape index (κ1) is 17.1. The molecular formula is C18H14ClF2N3O. The second kappa shape index (κ2) is 6.64. The van der Waals surface area contributed by atoms with Crippen molar-refractivity contribution in [2.75, 3.05) is 5.32 Å². The molecule has 0 saturated carbocycles. The molecule has 1 N–H and O–H groups in total. The summed E-state index contributed by atoms with van der Waals surface area (Å²) >= 11 is 6.28. The third-order valence-corrected chi connectivity index (χ3v) is 4.02. The van der Waals surface area contributed by atoms with Crippen LogP contribution in [0, 0.1) is 25.5 Å². The summed E-state index contributed by atoms with van der Waals surface area (Å²) in [6, 6.07) is 10.0. The van der Waals surface area contributed by atoms with Gasteiger partial charge in [0.25, 0.3) is 5.91 Å². The van der Waals surface area contributed by atoms with Crippen LogP contribution in [0.3, 0.4) is 0 Å². The van der Waals surface area contributed by atoms with Crippen molar-refractivity contribution in [1.29, 1.82) is 0 Å². The smallest absolute Gasteiger partial charge is 0.260 e. The van der Waals surface area contributed by atoms with Crippen molar-refractivity contribution in [1.82, 2.24) is 9.78 Å². The van der Waals surface area contributed by atoms with Gasteiger partial charge in [-0.1, -0.05) is 17.7 Å². The van der Waals surface area contributed by atoms with E-state index in [1.807, 2.05) is 0 Å². The first-order valence-electron chi connectivity index (χ1n) is 7.45. The lowest BCUT2D eigenvalue weighted by Gasteiger charge is -2.07. The first-order chi connectivity index (χ1) is 11.9. The number of rotatable bonds is 3. The fourth-order valence-electron chi connectivity index (χ4n) is 2.42. The van der Waals surface area contributed by atoms with Crippen molar-refractivity contribution in [2.45, 2.75) is 13.8 Å². The van der Waals surface area contributed by atoms with E-state index in [1.165, 1.54) is 41.1 Å². The summed E-state index contributed by atoms with van der Waals surface area (Å²) < 4.78 is 28.3. The molecule has 3 aromatic rings. The molecule has 0 aliphatic carbocycles. The van der Waals surface area contributed by atoms with E-state index in [0.29, 0.717) is 11.4 Å². The Morgan fingerprint density at radius 2 is 1.80 bits per heavy atom. The van der Waals surface area contributed by atoms with Gasteiger partial charge in [0.1, 0.15) is 22.4 Å². The Morgan fingerprint density at radius 3 is 2.44 bits per heavy atom. The lowest BCUT2D eigenvalue weighted by molar-refractivity contribution is 0.102. The Bertz CT molecular complexity index is 952. The summed E-state index contributed by atoms with van der Waals surface area (Å²) in [6.07, 6.45) is 0. The monoisotopic (exact) mass is 361 g/mol. The minimum atomic E-state index is -0.571. The van der Waals surface area contributed by atoms with Gasteiger partial charge in [0.05, 0.1) is 17.1 Å². The van der Waals surface area contributed by atoms with E-state index in [9.17, 15) is 13.6 Å². The topological polar surface area (TPSA) is 46.9 Å². The van der Waals surface area contributed by atoms with Crippen LogP contribution < -0.4 is 5.32 Å². The molecule has 2 aromatic carbocycles. The summed E-state index contributed by atoms with van der Waals surface area (Å²) in [6.45, 7) is 3.37. The van der Waals surface area contributed by atoms with Crippen LogP contribution in [0.2, 0.25) is 5.15 Å². The molecule has 0 unspecified atom stereocenters. The third-order valence-electron chi connectivity index (χ3n) is 3.68. The fraction of sp³-hybridized carbons (Fsp3) is 0.111. The summed E-state index contributed by atoms with van der Waals surface area (Å²) in [4.78, 5) is 12.5. The maximum Gasteiger partial charge on any atom is 0.260 e. The SMILES string of the molecule is Cc1ccc(NC(=O)c2c(C)nn(-c3ccc(F)cc3)c2Cl)c(F)c1. The van der Waals surface area contributed by atoms with Crippen LogP contribution in [0.15, 0.2) is 42.5 Å². The highest BCUT2D eigenvalue weighted by atomic mass is 35.5. The molecule has 4 nitrogen and oxygen atoms in total. The molecule has 128 valence electrons. The molecular weight excluding hydrogens is 348 g/mol. The predicted octanol–water partition coefficient (Wildman–Crippen LogP) is 4.67. The van der Waals surface area contributed by atoms with Crippen LogP contribution >= 0.6 is 11.6 Å². The number of nitrogens with zero attached hydrogens (tertiary/aromatic N) is 2. The maximum atomic E-state index is 13.9. The van der Waals surface area contributed by atoms with Crippen molar-refractivity contribution in [3.8, 4) is 5.69 Å². The molecule has 0 aliphatic heterocycles. The zero-order valence-electron chi connectivity index (χ0n) is 13.5. The summed E-state index contributed by atoms with van der Waals surface area (Å²) in [5, 5.41) is 6.78. The Hall–Kier alpha value is -2.73. The lowest BCUT2D eigenvalue weighted by Crippen LogP contribution is -2.14. The van der Waals surface area contributed by atoms with Crippen LogP contribution in [0.25, 0.3) is 5.69 Å². The van der Waals surface area contributed by atoms with E-state index in [2.05, 4.69) is 10.4 Å². The zero-order chi connectivity index (χ0) is 18.1. The van der Waals surface area contributed by atoms with Crippen molar-refractivity contribution in [3.63, 3.8) is 0 Å². The number of carbonyl (C=O) groups is 1. The number of halogens is 3. The molecule has 0 radical (unpaired) electrons. The molecule has 0 atom stereocenters. The number of anilines is 1. The van der Waals surface area contributed by atoms with Crippen molar-refractivity contribution in [3.05, 3.63) is 76.1 Å². The summed E-state index contributed by atoms with van der Waals surface area (Å²) in [5.74, 6) is -1.50. The van der Waals surface area contributed by atoms with Gasteiger partial charge in [0, 0.05) is 0 Å². The number of aromatic nitrogens is 2. The van der Waals surface area contributed by atoms with Crippen molar-refractivity contribution < 1.29 is 13.6 Å². The van der Waals surface area contributed by atoms with Gasteiger partial charge >= 0.3 is 0 Å². The molecule has 1 amide bonds. The lowest BCUT2D eigenvalue weighted by atomic mass is 10.2. The van der Waals surface area contributed by atoms with Crippen molar-refractivity contribution in [2.24, 2.45) is 0 Å². The minimum absolute atomic E-state index is 0.0561. The number of nitrogens with one attached hydrogen (secondary N) is 1. The Morgan fingerprint density at radius 1 is 1.12 bits per heavy atom. The van der Waals surface area contributed by atoms with Crippen LogP contribution in [0.1, 0.15) is 21.6 Å². The molecule has 0 fully saturated rings. The average molecular weight is 362 g/mol. The van der Waals surface area contributed by atoms with Crippen LogP contribution in [-0.4, -0.2) is 15.7 Å². The Labute approximate surface area is 148 Å². The molecule has 0 aliphatic rings. The van der Waals surface area contributed by atoms with E-state index >= 15 is 0 Å². The molecule has 7 heteroatoms. The number of benzene rings is 2. The van der Waals surface area contributed by atoms with Gasteiger partial charge in [0.2, 0.25) is 0 Å². The van der Waals surface area contributed by atoms with Crippen LogP contribution in [-0.2, 0) is 0 Å². The number of aryl methyl sites for hydroxylation is 2. The highest BCUT2D eigenvalue weighted by Gasteiger charge is 2.22. The number of carbonyl (C=O) groups excluding carboxylic acids is 1. The third kappa shape index (κ3) is 3.39. The molecule has 3 rings (SSSR count). The van der Waals surface area contributed by atoms with E-state index in [1.54, 1.807) is 19.9 Å². The van der Waals surface area contributed by atoms with E-state index in [4.69, 9.17) is 11.6 Å². The minimum Gasteiger partial charge on any atom is -0.319 e. The van der Waals surface area contributed by atoms with Gasteiger partial charge in [-0.05, 0) is 55.8 Å². The zero-order valence-corrected chi connectivity index (χ0v) is 14.2. The molecule has 1 heterocycles. The van der Waals surface area contributed by atoms with Crippen LogP contribution in [0.4, 0.5) is 14.5 Å². The van der Waals surface area contributed by atoms with E-state index < -0.39 is 17.5 Å². The molecule has 1 aromatic heterocycles. The molecule has 25 heavy (non-hydrogen) atoms. The molecule has 0 bridgehead atoms. The van der Waals surface area contributed by atoms with Gasteiger partial charge in [-0.3, -0.25) is 4.79 Å². The maximum absolute atomic E-state index is 13.9. The number of hydrogen-bond acceptors (Lipinski definition) is 2. The normalized spacial score (nSPS) is 10.8. The second-order valence-corrected chi connectivity index (χ2v) is 5.93. The number of hydrogen-bond donors (Lipinski definition) is 1. The molecule has 0 saturated heterocycles. The van der Waals surface area contributed by atoms with Gasteiger partial charge in [-0.2, -0.15) is 5.10 Å². The van der Waals surface area contributed by atoms with Gasteiger partial charge in [-0.15, -0.1) is 0 Å². The standard InChI is InChI=1S/C18H14ClF2N3O/c1-10-3-8-15(14(21)9-10)22-18(25)16-11(2)23-24(17(16)19)13-6-4-12(20)5-7-13/h3-9H,1-2H3,(H,22,25). The largest absolute Gasteiger partial charge is 0.319 e. The fourth-order valence-corrected chi connectivity index (χ4v) is 2.77. The quantitative estimate of drug-likeness (QED) is 0.736.